The largest absolute Gasteiger partial charge is 0.309 e. The van der Waals surface area contributed by atoms with Gasteiger partial charge in [0, 0.05) is 23.4 Å². The second-order valence-electron chi connectivity index (χ2n) is 6.18. The number of anilines is 1. The lowest BCUT2D eigenvalue weighted by molar-refractivity contribution is 0.0702. The minimum Gasteiger partial charge on any atom is -0.309 e. The lowest BCUT2D eigenvalue weighted by Gasteiger charge is -2.33. The Morgan fingerprint density at radius 2 is 1.64 bits per heavy atom. The summed E-state index contributed by atoms with van der Waals surface area (Å²) in [6, 6.07) is 19.1. The highest BCUT2D eigenvalue weighted by molar-refractivity contribution is 7.12. The Morgan fingerprint density at radius 3 is 2.48 bits per heavy atom. The fourth-order valence-electron chi connectivity index (χ4n) is 3.69. The number of benzene rings is 2. The molecule has 0 N–H and O–H groups in total. The van der Waals surface area contributed by atoms with Crippen LogP contribution in [0.2, 0.25) is 0 Å². The first-order valence-corrected chi connectivity index (χ1v) is 8.98. The van der Waals surface area contributed by atoms with E-state index in [0.717, 1.165) is 16.8 Å². The van der Waals surface area contributed by atoms with Crippen LogP contribution in [0.1, 0.15) is 37.3 Å². The van der Waals surface area contributed by atoms with Crippen molar-refractivity contribution in [3.63, 3.8) is 0 Å². The maximum atomic E-state index is 13.4. The highest BCUT2D eigenvalue weighted by atomic mass is 32.1. The van der Waals surface area contributed by atoms with E-state index in [1.165, 1.54) is 11.3 Å². The summed E-state index contributed by atoms with van der Waals surface area (Å²) in [5, 5.41) is 1.92. The number of amides is 2. The van der Waals surface area contributed by atoms with E-state index in [1.54, 1.807) is 9.80 Å². The summed E-state index contributed by atoms with van der Waals surface area (Å²) in [5.74, 6) is -0.0680. The molecule has 2 aliphatic rings. The summed E-state index contributed by atoms with van der Waals surface area (Å²) in [7, 11) is 0. The minimum atomic E-state index is -0.404. The van der Waals surface area contributed by atoms with Gasteiger partial charge in [-0.1, -0.05) is 36.4 Å². The van der Waals surface area contributed by atoms with Crippen LogP contribution >= 0.6 is 11.3 Å². The molecule has 2 aromatic carbocycles. The Hall–Kier alpha value is -2.92. The third-order valence-electron chi connectivity index (χ3n) is 4.80. The summed E-state index contributed by atoms with van der Waals surface area (Å²) in [4.78, 5) is 30.6. The predicted molar refractivity (Wildman–Crippen MR) is 96.6 cm³/mol. The lowest BCUT2D eigenvalue weighted by Crippen LogP contribution is -2.40. The van der Waals surface area contributed by atoms with Gasteiger partial charge in [0.2, 0.25) is 0 Å². The van der Waals surface area contributed by atoms with Gasteiger partial charge in [-0.2, -0.15) is 0 Å². The predicted octanol–water partition coefficient (Wildman–Crippen LogP) is 4.06. The smallest absolute Gasteiger partial charge is 0.270 e. The van der Waals surface area contributed by atoms with E-state index in [2.05, 4.69) is 0 Å². The SMILES string of the molecule is O=C1c2ccccc2C2N1Cc1ccsc1C(=O)N2c1ccccc1. The number of nitrogens with zero attached hydrogens (tertiary/aromatic N) is 2. The van der Waals surface area contributed by atoms with E-state index in [-0.39, 0.29) is 11.8 Å². The van der Waals surface area contributed by atoms with Crippen molar-refractivity contribution >= 4 is 28.8 Å². The molecule has 4 nitrogen and oxygen atoms in total. The van der Waals surface area contributed by atoms with Crippen LogP contribution in [0.15, 0.2) is 66.0 Å². The van der Waals surface area contributed by atoms with Gasteiger partial charge in [-0.15, -0.1) is 11.3 Å². The minimum absolute atomic E-state index is 0.0200. The Bertz CT molecular complexity index is 996. The molecular weight excluding hydrogens is 332 g/mol. The van der Waals surface area contributed by atoms with Crippen LogP contribution in [0.5, 0.6) is 0 Å². The molecule has 25 heavy (non-hydrogen) atoms. The fourth-order valence-corrected chi connectivity index (χ4v) is 4.54. The zero-order chi connectivity index (χ0) is 17.0. The molecular formula is C20H14N2O2S. The molecule has 2 amide bonds. The molecule has 0 bridgehead atoms. The topological polar surface area (TPSA) is 40.6 Å². The van der Waals surface area contributed by atoms with Gasteiger partial charge < -0.3 is 4.90 Å². The molecule has 5 rings (SSSR count). The maximum Gasteiger partial charge on any atom is 0.270 e. The highest BCUT2D eigenvalue weighted by Gasteiger charge is 2.45. The zero-order valence-corrected chi connectivity index (χ0v) is 14.1. The second-order valence-corrected chi connectivity index (χ2v) is 7.10. The lowest BCUT2D eigenvalue weighted by atomic mass is 10.1. The highest BCUT2D eigenvalue weighted by Crippen LogP contribution is 2.43. The fraction of sp³-hybridized carbons (Fsp3) is 0.100. The van der Waals surface area contributed by atoms with E-state index < -0.39 is 6.17 Å². The first-order chi connectivity index (χ1) is 12.3. The van der Waals surface area contributed by atoms with Crippen LogP contribution in [0.25, 0.3) is 0 Å². The van der Waals surface area contributed by atoms with Crippen molar-refractivity contribution in [3.8, 4) is 0 Å². The van der Waals surface area contributed by atoms with Crippen LogP contribution < -0.4 is 4.90 Å². The summed E-state index contributed by atoms with van der Waals surface area (Å²) in [6.07, 6.45) is -0.404. The number of hydrogen-bond donors (Lipinski definition) is 0. The van der Waals surface area contributed by atoms with Gasteiger partial charge in [0.05, 0.1) is 4.88 Å². The number of thiophene rings is 1. The summed E-state index contributed by atoms with van der Waals surface area (Å²) < 4.78 is 0. The zero-order valence-electron chi connectivity index (χ0n) is 13.3. The molecule has 1 aromatic heterocycles. The molecule has 0 aliphatic carbocycles. The van der Waals surface area contributed by atoms with Crippen molar-refractivity contribution in [2.45, 2.75) is 12.7 Å². The number of carbonyl (C=O) groups excluding carboxylic acids is 2. The summed E-state index contributed by atoms with van der Waals surface area (Å²) in [6.45, 7) is 0.450. The third kappa shape index (κ3) is 1.99. The first-order valence-electron chi connectivity index (χ1n) is 8.10. The summed E-state index contributed by atoms with van der Waals surface area (Å²) in [5.41, 5.74) is 3.28. The average molecular weight is 346 g/mol. The average Bonchev–Trinajstić information content (AvgIpc) is 3.19. The van der Waals surface area contributed by atoms with Crippen molar-refractivity contribution in [2.75, 3.05) is 4.90 Å². The molecule has 2 aliphatic heterocycles. The normalized spacial score (nSPS) is 18.6. The molecule has 0 spiro atoms. The molecule has 122 valence electrons. The quantitative estimate of drug-likeness (QED) is 0.667. The molecule has 0 saturated heterocycles. The molecule has 1 unspecified atom stereocenters. The van der Waals surface area contributed by atoms with Gasteiger partial charge in [0.1, 0.15) is 6.17 Å². The van der Waals surface area contributed by atoms with Gasteiger partial charge in [0.25, 0.3) is 11.8 Å². The number of fused-ring (bicyclic) bond motifs is 4. The van der Waals surface area contributed by atoms with E-state index in [9.17, 15) is 9.59 Å². The van der Waals surface area contributed by atoms with Gasteiger partial charge in [0.15, 0.2) is 0 Å². The Kier molecular flexibility index (Phi) is 3.05. The van der Waals surface area contributed by atoms with Crippen molar-refractivity contribution in [1.29, 1.82) is 0 Å². The van der Waals surface area contributed by atoms with Crippen molar-refractivity contribution in [1.82, 2.24) is 4.90 Å². The number of rotatable bonds is 1. The van der Waals surface area contributed by atoms with Gasteiger partial charge >= 0.3 is 0 Å². The van der Waals surface area contributed by atoms with E-state index in [1.807, 2.05) is 66.0 Å². The molecule has 0 fully saturated rings. The summed E-state index contributed by atoms with van der Waals surface area (Å²) >= 11 is 1.44. The number of carbonyl (C=O) groups is 2. The van der Waals surface area contributed by atoms with Crippen LogP contribution in [0.4, 0.5) is 5.69 Å². The molecule has 0 saturated carbocycles. The molecule has 5 heteroatoms. The van der Waals surface area contributed by atoms with Crippen molar-refractivity contribution < 1.29 is 9.59 Å². The Morgan fingerprint density at radius 1 is 0.880 bits per heavy atom. The first kappa shape index (κ1) is 14.4. The van der Waals surface area contributed by atoms with Crippen LogP contribution in [-0.4, -0.2) is 16.7 Å². The van der Waals surface area contributed by atoms with Crippen molar-refractivity contribution in [2.24, 2.45) is 0 Å². The van der Waals surface area contributed by atoms with Crippen LogP contribution in [0, 0.1) is 0 Å². The maximum absolute atomic E-state index is 13.4. The standard InChI is InChI=1S/C20H14N2O2S/c23-19-16-9-5-4-8-15(16)18-21(19)12-13-10-11-25-17(13)20(24)22(18)14-6-2-1-3-7-14/h1-11,18H,12H2. The monoisotopic (exact) mass is 346 g/mol. The van der Waals surface area contributed by atoms with Crippen LogP contribution in [-0.2, 0) is 6.54 Å². The molecule has 3 heterocycles. The molecule has 0 radical (unpaired) electrons. The molecule has 3 aromatic rings. The Labute approximate surface area is 148 Å². The van der Waals surface area contributed by atoms with E-state index >= 15 is 0 Å². The van der Waals surface area contributed by atoms with Gasteiger partial charge in [-0.05, 0) is 35.2 Å². The van der Waals surface area contributed by atoms with Crippen LogP contribution in [0.3, 0.4) is 0 Å². The molecule has 1 atom stereocenters. The van der Waals surface area contributed by atoms with Gasteiger partial charge in [-0.3, -0.25) is 14.5 Å². The second kappa shape index (κ2) is 5.29. The number of para-hydroxylation sites is 1. The third-order valence-corrected chi connectivity index (χ3v) is 5.75. The Balaban J connectivity index is 1.77. The van der Waals surface area contributed by atoms with Gasteiger partial charge in [-0.25, -0.2) is 0 Å². The number of hydrogen-bond acceptors (Lipinski definition) is 3. The van der Waals surface area contributed by atoms with E-state index in [0.29, 0.717) is 17.0 Å². The van der Waals surface area contributed by atoms with E-state index in [4.69, 9.17) is 0 Å². The van der Waals surface area contributed by atoms with Crippen molar-refractivity contribution in [3.05, 3.63) is 87.6 Å².